The van der Waals surface area contributed by atoms with Gasteiger partial charge in [0.1, 0.15) is 17.1 Å². The minimum atomic E-state index is -0.116. The molecule has 3 N–H and O–H groups in total. The number of nitrogens with two attached hydrogens (primary N) is 1. The standard InChI is InChI=1S/C20H23N5O2/c1-12(2)16-11-14(24-27-16)15-9-6-10-25(15)20(26)18-17(19(21)23-22-18)13-7-4-3-5-8-13/h3-5,7-8,11-12,15H,6,9-10H2,1-2H3,(H3,21,22,23)/t15-/m0/s1. The van der Waals surface area contributed by atoms with Crippen molar-refractivity contribution >= 4 is 11.7 Å². The Bertz CT molecular complexity index is 944. The largest absolute Gasteiger partial charge is 0.382 e. The van der Waals surface area contributed by atoms with E-state index in [-0.39, 0.29) is 17.9 Å². The van der Waals surface area contributed by atoms with Gasteiger partial charge in [-0.15, -0.1) is 0 Å². The van der Waals surface area contributed by atoms with Crippen molar-refractivity contribution < 1.29 is 9.32 Å². The van der Waals surface area contributed by atoms with Crippen LogP contribution in [0.15, 0.2) is 40.9 Å². The lowest BCUT2D eigenvalue weighted by molar-refractivity contribution is 0.0725. The van der Waals surface area contributed by atoms with Gasteiger partial charge in [0.15, 0.2) is 5.82 Å². The van der Waals surface area contributed by atoms with Crippen LogP contribution in [0.1, 0.15) is 60.6 Å². The van der Waals surface area contributed by atoms with Gasteiger partial charge in [-0.05, 0) is 18.4 Å². The SMILES string of the molecule is CC(C)c1cc([C@@H]2CCCN2C(=O)c2[nH]nc(N)c2-c2ccccc2)no1. The molecule has 7 heteroatoms. The van der Waals surface area contributed by atoms with Gasteiger partial charge in [0, 0.05) is 18.5 Å². The van der Waals surface area contributed by atoms with Gasteiger partial charge in [-0.1, -0.05) is 49.3 Å². The van der Waals surface area contributed by atoms with Crippen molar-refractivity contribution in [3.8, 4) is 11.1 Å². The molecule has 0 aliphatic carbocycles. The van der Waals surface area contributed by atoms with Crippen LogP contribution in [0.25, 0.3) is 11.1 Å². The molecule has 1 atom stereocenters. The number of H-pyrrole nitrogens is 1. The summed E-state index contributed by atoms with van der Waals surface area (Å²) in [6, 6.07) is 11.5. The fourth-order valence-corrected chi connectivity index (χ4v) is 3.60. The predicted octanol–water partition coefficient (Wildman–Crippen LogP) is 3.75. The van der Waals surface area contributed by atoms with Gasteiger partial charge in [0.05, 0.1) is 11.6 Å². The highest BCUT2D eigenvalue weighted by Gasteiger charge is 2.35. The van der Waals surface area contributed by atoms with Crippen molar-refractivity contribution in [1.29, 1.82) is 0 Å². The molecule has 140 valence electrons. The van der Waals surface area contributed by atoms with Crippen LogP contribution in [-0.2, 0) is 0 Å². The minimum Gasteiger partial charge on any atom is -0.382 e. The third-order valence-corrected chi connectivity index (χ3v) is 5.04. The maximum absolute atomic E-state index is 13.3. The Kier molecular flexibility index (Phi) is 4.43. The van der Waals surface area contributed by atoms with Gasteiger partial charge < -0.3 is 15.2 Å². The number of carbonyl (C=O) groups is 1. The number of nitrogens with zero attached hydrogens (tertiary/aromatic N) is 3. The lowest BCUT2D eigenvalue weighted by Crippen LogP contribution is -2.31. The van der Waals surface area contributed by atoms with Gasteiger partial charge in [-0.25, -0.2) is 0 Å². The number of hydrogen-bond acceptors (Lipinski definition) is 5. The van der Waals surface area contributed by atoms with Crippen LogP contribution in [0.3, 0.4) is 0 Å². The number of carbonyl (C=O) groups excluding carboxylic acids is 1. The summed E-state index contributed by atoms with van der Waals surface area (Å²) in [6.07, 6.45) is 1.78. The van der Waals surface area contributed by atoms with Gasteiger partial charge in [-0.2, -0.15) is 5.10 Å². The van der Waals surface area contributed by atoms with Gasteiger partial charge >= 0.3 is 0 Å². The third-order valence-electron chi connectivity index (χ3n) is 5.04. The first-order valence-corrected chi connectivity index (χ1v) is 9.23. The Balaban J connectivity index is 1.66. The van der Waals surface area contributed by atoms with Gasteiger partial charge in [-0.3, -0.25) is 9.89 Å². The molecule has 4 rings (SSSR count). The summed E-state index contributed by atoms with van der Waals surface area (Å²) in [5, 5.41) is 11.1. The van der Waals surface area contributed by atoms with E-state index in [2.05, 4.69) is 29.2 Å². The zero-order valence-electron chi connectivity index (χ0n) is 15.5. The number of anilines is 1. The molecule has 1 aromatic carbocycles. The maximum Gasteiger partial charge on any atom is 0.273 e. The first-order chi connectivity index (χ1) is 13.1. The van der Waals surface area contributed by atoms with E-state index in [1.165, 1.54) is 0 Å². The smallest absolute Gasteiger partial charge is 0.273 e. The molecular formula is C20H23N5O2. The lowest BCUT2D eigenvalue weighted by atomic mass is 10.0. The second kappa shape index (κ2) is 6.90. The van der Waals surface area contributed by atoms with Crippen molar-refractivity contribution in [2.75, 3.05) is 12.3 Å². The van der Waals surface area contributed by atoms with Crippen molar-refractivity contribution in [1.82, 2.24) is 20.3 Å². The second-order valence-electron chi connectivity index (χ2n) is 7.19. The van der Waals surface area contributed by atoms with E-state index in [1.807, 2.05) is 41.3 Å². The fourth-order valence-electron chi connectivity index (χ4n) is 3.60. The van der Waals surface area contributed by atoms with Crippen LogP contribution in [0.2, 0.25) is 0 Å². The van der Waals surface area contributed by atoms with Crippen molar-refractivity contribution in [2.45, 2.75) is 38.6 Å². The zero-order valence-corrected chi connectivity index (χ0v) is 15.5. The summed E-state index contributed by atoms with van der Waals surface area (Å²) in [4.78, 5) is 15.2. The average Bonchev–Trinajstić information content (AvgIpc) is 3.40. The van der Waals surface area contributed by atoms with Gasteiger partial charge in [0.2, 0.25) is 0 Å². The van der Waals surface area contributed by atoms with E-state index < -0.39 is 0 Å². The monoisotopic (exact) mass is 365 g/mol. The molecule has 1 aliphatic heterocycles. The number of nitrogens with one attached hydrogen (secondary N) is 1. The number of amides is 1. The van der Waals surface area contributed by atoms with E-state index in [1.54, 1.807) is 0 Å². The summed E-state index contributed by atoms with van der Waals surface area (Å²) in [7, 11) is 0. The second-order valence-corrected chi connectivity index (χ2v) is 7.19. The van der Waals surface area contributed by atoms with Crippen molar-refractivity contribution in [3.05, 3.63) is 53.5 Å². The molecule has 0 spiro atoms. The van der Waals surface area contributed by atoms with Crippen LogP contribution < -0.4 is 5.73 Å². The molecule has 7 nitrogen and oxygen atoms in total. The summed E-state index contributed by atoms with van der Waals surface area (Å²) < 4.78 is 5.44. The number of nitrogen functional groups attached to an aromatic ring is 1. The molecule has 3 aromatic rings. The molecule has 1 fully saturated rings. The lowest BCUT2D eigenvalue weighted by Gasteiger charge is -2.22. The first kappa shape index (κ1) is 17.3. The van der Waals surface area contributed by atoms with Crippen LogP contribution in [-0.4, -0.2) is 32.7 Å². The first-order valence-electron chi connectivity index (χ1n) is 9.23. The summed E-state index contributed by atoms with van der Waals surface area (Å²) in [6.45, 7) is 4.78. The topological polar surface area (TPSA) is 101 Å². The fraction of sp³-hybridized carbons (Fsp3) is 0.350. The number of aromatic amines is 1. The number of aromatic nitrogens is 3. The molecule has 1 saturated heterocycles. The van der Waals surface area contributed by atoms with E-state index in [0.29, 0.717) is 23.6 Å². The van der Waals surface area contributed by atoms with Crippen LogP contribution in [0.5, 0.6) is 0 Å². The molecular weight excluding hydrogens is 342 g/mol. The molecule has 0 bridgehead atoms. The highest BCUT2D eigenvalue weighted by molar-refractivity contribution is 6.01. The maximum atomic E-state index is 13.3. The molecule has 1 amide bonds. The highest BCUT2D eigenvalue weighted by Crippen LogP contribution is 2.36. The Morgan fingerprint density at radius 3 is 2.81 bits per heavy atom. The molecule has 1 aliphatic rings. The molecule has 3 heterocycles. The molecule has 0 unspecified atom stereocenters. The Labute approximate surface area is 157 Å². The highest BCUT2D eigenvalue weighted by atomic mass is 16.5. The molecule has 2 aromatic heterocycles. The normalized spacial score (nSPS) is 17.0. The molecule has 0 radical (unpaired) electrons. The van der Waals surface area contributed by atoms with Crippen molar-refractivity contribution in [2.24, 2.45) is 0 Å². The number of hydrogen-bond donors (Lipinski definition) is 2. The van der Waals surface area contributed by atoms with E-state index in [9.17, 15) is 4.79 Å². The third kappa shape index (κ3) is 3.09. The van der Waals surface area contributed by atoms with E-state index in [4.69, 9.17) is 10.3 Å². The predicted molar refractivity (Wildman–Crippen MR) is 102 cm³/mol. The quantitative estimate of drug-likeness (QED) is 0.733. The summed E-state index contributed by atoms with van der Waals surface area (Å²) >= 11 is 0. The zero-order chi connectivity index (χ0) is 19.0. The van der Waals surface area contributed by atoms with Crippen LogP contribution in [0.4, 0.5) is 5.82 Å². The minimum absolute atomic E-state index is 0.0955. The Hall–Kier alpha value is -3.09. The van der Waals surface area contributed by atoms with Crippen molar-refractivity contribution in [3.63, 3.8) is 0 Å². The average molecular weight is 365 g/mol. The van der Waals surface area contributed by atoms with Crippen LogP contribution in [0, 0.1) is 0 Å². The molecule has 0 saturated carbocycles. The number of benzene rings is 1. The number of rotatable bonds is 4. The number of likely N-dealkylation sites (tertiary alicyclic amines) is 1. The van der Waals surface area contributed by atoms with E-state index >= 15 is 0 Å². The van der Waals surface area contributed by atoms with Gasteiger partial charge in [0.25, 0.3) is 5.91 Å². The Morgan fingerprint density at radius 2 is 2.11 bits per heavy atom. The van der Waals surface area contributed by atoms with E-state index in [0.717, 1.165) is 29.9 Å². The summed E-state index contributed by atoms with van der Waals surface area (Å²) in [5.74, 6) is 1.30. The Morgan fingerprint density at radius 1 is 1.33 bits per heavy atom. The van der Waals surface area contributed by atoms with Crippen LogP contribution >= 0.6 is 0 Å². The molecule has 27 heavy (non-hydrogen) atoms. The summed E-state index contributed by atoms with van der Waals surface area (Å²) in [5.41, 5.74) is 8.79.